The number of unbranched alkanes of at least 4 members (excludes halogenated alkanes) is 2. The molecule has 2 aromatic carbocycles. The van der Waals surface area contributed by atoms with Crippen LogP contribution in [0, 0.1) is 6.92 Å². The normalized spacial score (nSPS) is 10.5. The van der Waals surface area contributed by atoms with Gasteiger partial charge >= 0.3 is 0 Å². The van der Waals surface area contributed by atoms with E-state index in [0.29, 0.717) is 6.61 Å². The predicted octanol–water partition coefficient (Wildman–Crippen LogP) is 7.56. The summed E-state index contributed by atoms with van der Waals surface area (Å²) in [5.74, 6) is 0.957. The lowest BCUT2D eigenvalue weighted by molar-refractivity contribution is 0.260. The van der Waals surface area contributed by atoms with Crippen molar-refractivity contribution in [2.45, 2.75) is 66.0 Å². The summed E-state index contributed by atoms with van der Waals surface area (Å²) in [7, 11) is 0. The van der Waals surface area contributed by atoms with Gasteiger partial charge in [0.2, 0.25) is 0 Å². The smallest absolute Gasteiger partial charge is 0.124 e. The molecule has 182 valence electrons. The van der Waals surface area contributed by atoms with E-state index in [0.717, 1.165) is 23.3 Å². The van der Waals surface area contributed by atoms with Crippen molar-refractivity contribution in [2.24, 2.45) is 0 Å². The molecule has 3 nitrogen and oxygen atoms in total. The van der Waals surface area contributed by atoms with Crippen molar-refractivity contribution >= 4 is 40.7 Å². The first kappa shape index (κ1) is 31.2. The third kappa shape index (κ3) is 12.5. The Morgan fingerprint density at radius 1 is 0.875 bits per heavy atom. The molecular weight excluding hydrogens is 507 g/mol. The summed E-state index contributed by atoms with van der Waals surface area (Å²) < 4.78 is 7.22. The molecule has 0 fully saturated rings. The van der Waals surface area contributed by atoms with E-state index in [1.807, 2.05) is 6.07 Å². The standard InChI is InChI=1S/C26H39BrN2O.2ClH/c1-4-6-16-29(17-7-5-2)18-8-15-28-20-24-19-25(27)13-14-26(24)30-21-23-11-9-22(3)10-12-23;;/h9-14,19,28H,4-8,15-18,20-21H2,1-3H3;2*1H. The third-order valence-electron chi connectivity index (χ3n) is 5.34. The molecule has 2 aromatic rings. The Morgan fingerprint density at radius 3 is 2.12 bits per heavy atom. The Morgan fingerprint density at radius 2 is 1.50 bits per heavy atom. The van der Waals surface area contributed by atoms with Crippen molar-refractivity contribution in [1.82, 2.24) is 10.2 Å². The van der Waals surface area contributed by atoms with Crippen molar-refractivity contribution in [3.63, 3.8) is 0 Å². The number of hydrogen-bond donors (Lipinski definition) is 1. The first-order chi connectivity index (χ1) is 14.6. The van der Waals surface area contributed by atoms with Gasteiger partial charge < -0.3 is 15.0 Å². The maximum Gasteiger partial charge on any atom is 0.124 e. The van der Waals surface area contributed by atoms with Gasteiger partial charge in [-0.15, -0.1) is 24.8 Å². The molecule has 0 heterocycles. The highest BCUT2D eigenvalue weighted by Crippen LogP contribution is 2.24. The summed E-state index contributed by atoms with van der Waals surface area (Å²) in [4.78, 5) is 2.63. The van der Waals surface area contributed by atoms with E-state index < -0.39 is 0 Å². The molecule has 1 N–H and O–H groups in total. The van der Waals surface area contributed by atoms with Crippen molar-refractivity contribution in [3.8, 4) is 5.75 Å². The largest absolute Gasteiger partial charge is 0.489 e. The van der Waals surface area contributed by atoms with Crippen LogP contribution in [0.25, 0.3) is 0 Å². The zero-order valence-corrected chi connectivity index (χ0v) is 23.1. The van der Waals surface area contributed by atoms with E-state index in [1.165, 1.54) is 68.4 Å². The van der Waals surface area contributed by atoms with Crippen molar-refractivity contribution in [3.05, 3.63) is 63.6 Å². The van der Waals surface area contributed by atoms with Gasteiger partial charge in [-0.25, -0.2) is 0 Å². The second-order valence-electron chi connectivity index (χ2n) is 8.11. The number of nitrogens with zero attached hydrogens (tertiary/aromatic N) is 1. The van der Waals surface area contributed by atoms with Crippen LogP contribution in [-0.2, 0) is 13.2 Å². The number of nitrogens with one attached hydrogen (secondary N) is 1. The molecule has 0 unspecified atom stereocenters. The maximum atomic E-state index is 6.13. The molecule has 32 heavy (non-hydrogen) atoms. The Hall–Kier alpha value is -0.780. The number of hydrogen-bond acceptors (Lipinski definition) is 3. The predicted molar refractivity (Wildman–Crippen MR) is 147 cm³/mol. The Bertz CT molecular complexity index is 720. The Labute approximate surface area is 216 Å². The second-order valence-corrected chi connectivity index (χ2v) is 9.02. The zero-order chi connectivity index (χ0) is 21.6. The molecule has 0 saturated carbocycles. The minimum atomic E-state index is 0. The highest BCUT2D eigenvalue weighted by molar-refractivity contribution is 9.10. The Kier molecular flexibility index (Phi) is 18.2. The number of aryl methyl sites for hydroxylation is 1. The first-order valence-electron chi connectivity index (χ1n) is 11.5. The van der Waals surface area contributed by atoms with E-state index in [4.69, 9.17) is 4.74 Å². The fraction of sp³-hybridized carbons (Fsp3) is 0.538. The fourth-order valence-electron chi connectivity index (χ4n) is 3.42. The SMILES string of the molecule is CCCCN(CCCC)CCCNCc1cc(Br)ccc1OCc1ccc(C)cc1.Cl.Cl. The molecule has 2 rings (SSSR count). The van der Waals surface area contributed by atoms with Gasteiger partial charge in [-0.2, -0.15) is 0 Å². The quantitative estimate of drug-likeness (QED) is 0.233. The molecule has 0 radical (unpaired) electrons. The average Bonchev–Trinajstić information content (AvgIpc) is 2.75. The van der Waals surface area contributed by atoms with Gasteiger partial charge in [0.1, 0.15) is 12.4 Å². The summed E-state index contributed by atoms with van der Waals surface area (Å²) in [5.41, 5.74) is 3.67. The minimum Gasteiger partial charge on any atom is -0.489 e. The topological polar surface area (TPSA) is 24.5 Å². The lowest BCUT2D eigenvalue weighted by Gasteiger charge is -2.22. The van der Waals surface area contributed by atoms with Gasteiger partial charge in [0, 0.05) is 16.6 Å². The lowest BCUT2D eigenvalue weighted by Crippen LogP contribution is -2.29. The highest BCUT2D eigenvalue weighted by Gasteiger charge is 2.07. The molecule has 0 bridgehead atoms. The van der Waals surface area contributed by atoms with Crippen LogP contribution in [0.3, 0.4) is 0 Å². The molecule has 0 saturated heterocycles. The summed E-state index contributed by atoms with van der Waals surface area (Å²) in [5, 5.41) is 3.62. The fourth-order valence-corrected chi connectivity index (χ4v) is 3.83. The van der Waals surface area contributed by atoms with Crippen LogP contribution in [0.5, 0.6) is 5.75 Å². The number of halogens is 3. The maximum absolute atomic E-state index is 6.13. The molecule has 6 heteroatoms. The molecular formula is C26H41BrCl2N2O. The van der Waals surface area contributed by atoms with E-state index in [2.05, 4.69) is 83.3 Å². The van der Waals surface area contributed by atoms with Crippen LogP contribution >= 0.6 is 40.7 Å². The third-order valence-corrected chi connectivity index (χ3v) is 5.83. The Balaban J connectivity index is 0.00000480. The van der Waals surface area contributed by atoms with Gasteiger partial charge in [0.15, 0.2) is 0 Å². The second kappa shape index (κ2) is 18.6. The monoisotopic (exact) mass is 546 g/mol. The van der Waals surface area contributed by atoms with Gasteiger partial charge in [-0.05, 0) is 76.1 Å². The molecule has 0 aromatic heterocycles. The van der Waals surface area contributed by atoms with Crippen LogP contribution in [0.4, 0.5) is 0 Å². The molecule has 0 aliphatic heterocycles. The number of benzene rings is 2. The zero-order valence-electron chi connectivity index (χ0n) is 19.9. The van der Waals surface area contributed by atoms with E-state index in [-0.39, 0.29) is 24.8 Å². The number of ether oxygens (including phenoxy) is 1. The number of rotatable bonds is 15. The first-order valence-corrected chi connectivity index (χ1v) is 12.3. The van der Waals surface area contributed by atoms with Crippen molar-refractivity contribution in [1.29, 1.82) is 0 Å². The molecule has 0 atom stereocenters. The minimum absolute atomic E-state index is 0. The van der Waals surface area contributed by atoms with Gasteiger partial charge in [-0.1, -0.05) is 72.4 Å². The van der Waals surface area contributed by atoms with Gasteiger partial charge in [-0.3, -0.25) is 0 Å². The van der Waals surface area contributed by atoms with E-state index in [9.17, 15) is 0 Å². The van der Waals surface area contributed by atoms with Crippen LogP contribution in [0.15, 0.2) is 46.9 Å². The molecule has 0 spiro atoms. The van der Waals surface area contributed by atoms with Gasteiger partial charge in [0.25, 0.3) is 0 Å². The molecule has 0 aliphatic rings. The van der Waals surface area contributed by atoms with Crippen LogP contribution in [0.2, 0.25) is 0 Å². The summed E-state index contributed by atoms with van der Waals surface area (Å²) in [6.45, 7) is 12.8. The van der Waals surface area contributed by atoms with Crippen LogP contribution in [0.1, 0.15) is 62.6 Å². The van der Waals surface area contributed by atoms with Crippen molar-refractivity contribution in [2.75, 3.05) is 26.2 Å². The van der Waals surface area contributed by atoms with E-state index in [1.54, 1.807) is 0 Å². The summed E-state index contributed by atoms with van der Waals surface area (Å²) >= 11 is 3.60. The van der Waals surface area contributed by atoms with Crippen LogP contribution in [-0.4, -0.2) is 31.1 Å². The highest BCUT2D eigenvalue weighted by atomic mass is 79.9. The van der Waals surface area contributed by atoms with Gasteiger partial charge in [0.05, 0.1) is 0 Å². The average molecular weight is 548 g/mol. The molecule has 0 amide bonds. The molecule has 0 aliphatic carbocycles. The van der Waals surface area contributed by atoms with Crippen LogP contribution < -0.4 is 10.1 Å². The van der Waals surface area contributed by atoms with Crippen molar-refractivity contribution < 1.29 is 4.74 Å². The summed E-state index contributed by atoms with van der Waals surface area (Å²) in [6, 6.07) is 14.8. The summed E-state index contributed by atoms with van der Waals surface area (Å²) in [6.07, 6.45) is 6.33. The lowest BCUT2D eigenvalue weighted by atomic mass is 10.1. The van der Waals surface area contributed by atoms with E-state index >= 15 is 0 Å².